The van der Waals surface area contributed by atoms with Crippen molar-refractivity contribution in [3.63, 3.8) is 0 Å². The van der Waals surface area contributed by atoms with Gasteiger partial charge in [0.2, 0.25) is 0 Å². The highest BCUT2D eigenvalue weighted by atomic mass is 32.2. The van der Waals surface area contributed by atoms with Crippen molar-refractivity contribution in [1.29, 1.82) is 0 Å². The molecule has 9 heteroatoms. The monoisotopic (exact) mass is 232 g/mol. The summed E-state index contributed by atoms with van der Waals surface area (Å²) in [5, 5.41) is 1.05. The highest BCUT2D eigenvalue weighted by Crippen LogP contribution is 2.25. The number of aromatic nitrogens is 1. The third-order valence-electron chi connectivity index (χ3n) is 0.959. The van der Waals surface area contributed by atoms with Gasteiger partial charge in [0.25, 0.3) is 0 Å². The van der Waals surface area contributed by atoms with Crippen molar-refractivity contribution in [3.8, 4) is 0 Å². The summed E-state index contributed by atoms with van der Waals surface area (Å²) in [6, 6.07) is 0. The molecule has 13 heavy (non-hydrogen) atoms. The number of halogens is 3. The largest absolute Gasteiger partial charge is 0.516 e. The minimum atomic E-state index is -5.32. The van der Waals surface area contributed by atoms with Crippen LogP contribution in [0.15, 0.2) is 11.6 Å². The van der Waals surface area contributed by atoms with Crippen LogP contribution in [0.25, 0.3) is 0 Å². The molecule has 0 bridgehead atoms. The Hall–Kier alpha value is -0.830. The quantitative estimate of drug-likeness (QED) is 0.838. The van der Waals surface area contributed by atoms with Crippen molar-refractivity contribution in [3.05, 3.63) is 11.6 Å². The lowest BCUT2D eigenvalue weighted by Crippen LogP contribution is -2.29. The molecular formula is C4H3F3N2O2S2. The Morgan fingerprint density at radius 3 is 2.46 bits per heavy atom. The number of thiazole rings is 1. The first-order chi connectivity index (χ1) is 5.83. The van der Waals surface area contributed by atoms with Gasteiger partial charge in [-0.05, 0) is 0 Å². The van der Waals surface area contributed by atoms with Crippen molar-refractivity contribution in [2.75, 3.05) is 4.72 Å². The molecule has 1 aromatic heterocycles. The van der Waals surface area contributed by atoms with Crippen LogP contribution in [0.3, 0.4) is 0 Å². The second-order valence-corrected chi connectivity index (χ2v) is 4.46. The molecule has 74 valence electrons. The van der Waals surface area contributed by atoms with Crippen LogP contribution in [0.1, 0.15) is 0 Å². The zero-order chi connectivity index (χ0) is 10.1. The van der Waals surface area contributed by atoms with Gasteiger partial charge in [-0.25, -0.2) is 4.98 Å². The molecule has 0 amide bonds. The average molecular weight is 232 g/mol. The van der Waals surface area contributed by atoms with Crippen LogP contribution < -0.4 is 4.72 Å². The van der Waals surface area contributed by atoms with E-state index >= 15 is 0 Å². The SMILES string of the molecule is O=S(=O)(Nc1nccs1)C(F)(F)F. The molecule has 0 radical (unpaired) electrons. The Labute approximate surface area is 75.5 Å². The van der Waals surface area contributed by atoms with Crippen molar-refractivity contribution in [1.82, 2.24) is 4.98 Å². The average Bonchev–Trinajstić information content (AvgIpc) is 2.35. The lowest BCUT2D eigenvalue weighted by atomic mass is 11.0. The second-order valence-electron chi connectivity index (χ2n) is 1.89. The number of alkyl halides is 3. The molecule has 0 spiro atoms. The first kappa shape index (κ1) is 10.3. The van der Waals surface area contributed by atoms with Crippen molar-refractivity contribution in [2.24, 2.45) is 0 Å². The van der Waals surface area contributed by atoms with Gasteiger partial charge in [0.05, 0.1) is 0 Å². The minimum absolute atomic E-state index is 0.308. The van der Waals surface area contributed by atoms with E-state index < -0.39 is 15.5 Å². The van der Waals surface area contributed by atoms with Gasteiger partial charge in [0.15, 0.2) is 5.13 Å². The van der Waals surface area contributed by atoms with Crippen LogP contribution in [0.5, 0.6) is 0 Å². The Balaban J connectivity index is 2.87. The second kappa shape index (κ2) is 3.14. The van der Waals surface area contributed by atoms with E-state index in [1.165, 1.54) is 16.3 Å². The molecule has 0 aliphatic carbocycles. The highest BCUT2D eigenvalue weighted by Gasteiger charge is 2.46. The van der Waals surface area contributed by atoms with Gasteiger partial charge in [-0.1, -0.05) is 0 Å². The summed E-state index contributed by atoms with van der Waals surface area (Å²) in [5.74, 6) is 0. The number of nitrogens with zero attached hydrogens (tertiary/aromatic N) is 1. The topological polar surface area (TPSA) is 59.1 Å². The third kappa shape index (κ3) is 2.31. The number of nitrogens with one attached hydrogen (secondary N) is 1. The fraction of sp³-hybridized carbons (Fsp3) is 0.250. The molecule has 0 unspecified atom stereocenters. The van der Waals surface area contributed by atoms with Gasteiger partial charge < -0.3 is 0 Å². The predicted octanol–water partition coefficient (Wildman–Crippen LogP) is 1.40. The standard InChI is InChI=1S/C4H3F3N2O2S2/c5-4(6,7)13(10,11)9-3-8-1-2-12-3/h1-2H,(H,8,9). The minimum Gasteiger partial charge on any atom is -0.251 e. The summed E-state index contributed by atoms with van der Waals surface area (Å²) >= 11 is 0.765. The molecule has 0 saturated carbocycles. The predicted molar refractivity (Wildman–Crippen MR) is 40.7 cm³/mol. The van der Waals surface area contributed by atoms with Gasteiger partial charge in [-0.3, -0.25) is 4.72 Å². The lowest BCUT2D eigenvalue weighted by Gasteiger charge is -2.07. The smallest absolute Gasteiger partial charge is 0.251 e. The maximum Gasteiger partial charge on any atom is 0.516 e. The summed E-state index contributed by atoms with van der Waals surface area (Å²) in [6.07, 6.45) is 1.19. The summed E-state index contributed by atoms with van der Waals surface area (Å²) in [5.41, 5.74) is -5.31. The summed E-state index contributed by atoms with van der Waals surface area (Å²) < 4.78 is 57.4. The Morgan fingerprint density at radius 2 is 2.08 bits per heavy atom. The van der Waals surface area contributed by atoms with Crippen LogP contribution in [-0.4, -0.2) is 18.9 Å². The van der Waals surface area contributed by atoms with Crippen molar-refractivity contribution < 1.29 is 21.6 Å². The molecule has 0 aliphatic rings. The van der Waals surface area contributed by atoms with Crippen LogP contribution >= 0.6 is 11.3 Å². The molecule has 4 nitrogen and oxygen atoms in total. The number of sulfonamides is 1. The maximum absolute atomic E-state index is 11.8. The van der Waals surface area contributed by atoms with E-state index in [1.807, 2.05) is 0 Å². The highest BCUT2D eigenvalue weighted by molar-refractivity contribution is 7.93. The van der Waals surface area contributed by atoms with Gasteiger partial charge in [0.1, 0.15) is 0 Å². The van der Waals surface area contributed by atoms with Gasteiger partial charge in [0, 0.05) is 11.6 Å². The van der Waals surface area contributed by atoms with Crippen LogP contribution in [0.2, 0.25) is 0 Å². The first-order valence-corrected chi connectivity index (χ1v) is 5.18. The molecule has 1 heterocycles. The number of hydrogen-bond acceptors (Lipinski definition) is 4. The Kier molecular flexibility index (Phi) is 2.48. The van der Waals surface area contributed by atoms with E-state index in [2.05, 4.69) is 4.98 Å². The van der Waals surface area contributed by atoms with Crippen LogP contribution in [0.4, 0.5) is 18.3 Å². The number of anilines is 1. The Bertz CT molecular complexity index is 369. The molecule has 1 N–H and O–H groups in total. The van der Waals surface area contributed by atoms with E-state index in [0.717, 1.165) is 11.3 Å². The van der Waals surface area contributed by atoms with E-state index in [9.17, 15) is 21.6 Å². The normalized spacial score (nSPS) is 12.8. The summed E-state index contributed by atoms with van der Waals surface area (Å²) in [4.78, 5) is 3.34. The zero-order valence-electron chi connectivity index (χ0n) is 5.87. The van der Waals surface area contributed by atoms with Crippen LogP contribution in [0, 0.1) is 0 Å². The number of rotatable bonds is 2. The van der Waals surface area contributed by atoms with Gasteiger partial charge >= 0.3 is 15.5 Å². The van der Waals surface area contributed by atoms with E-state index in [1.54, 1.807) is 0 Å². The molecule has 0 saturated heterocycles. The molecule has 0 aliphatic heterocycles. The molecule has 0 aromatic carbocycles. The molecule has 0 fully saturated rings. The third-order valence-corrected chi connectivity index (χ3v) is 2.85. The number of hydrogen-bond donors (Lipinski definition) is 1. The first-order valence-electron chi connectivity index (χ1n) is 2.81. The summed E-state index contributed by atoms with van der Waals surface area (Å²) in [7, 11) is -5.32. The van der Waals surface area contributed by atoms with Crippen molar-refractivity contribution >= 4 is 26.5 Å². The van der Waals surface area contributed by atoms with E-state index in [0.29, 0.717) is 0 Å². The van der Waals surface area contributed by atoms with Gasteiger partial charge in [-0.15, -0.1) is 11.3 Å². The van der Waals surface area contributed by atoms with E-state index in [-0.39, 0.29) is 5.13 Å². The maximum atomic E-state index is 11.8. The summed E-state index contributed by atoms with van der Waals surface area (Å²) in [6.45, 7) is 0. The van der Waals surface area contributed by atoms with Crippen molar-refractivity contribution in [2.45, 2.75) is 5.51 Å². The lowest BCUT2D eigenvalue weighted by molar-refractivity contribution is -0.0429. The fourth-order valence-corrected chi connectivity index (χ4v) is 1.74. The van der Waals surface area contributed by atoms with E-state index in [4.69, 9.17) is 0 Å². The Morgan fingerprint density at radius 1 is 1.46 bits per heavy atom. The van der Waals surface area contributed by atoms with Crippen LogP contribution in [-0.2, 0) is 10.0 Å². The molecular weight excluding hydrogens is 229 g/mol. The molecule has 0 atom stereocenters. The fourth-order valence-electron chi connectivity index (χ4n) is 0.447. The molecule has 1 rings (SSSR count). The van der Waals surface area contributed by atoms with Gasteiger partial charge in [-0.2, -0.15) is 21.6 Å². The molecule has 1 aromatic rings. The zero-order valence-corrected chi connectivity index (χ0v) is 7.50.